The van der Waals surface area contributed by atoms with E-state index in [4.69, 9.17) is 5.73 Å². The third-order valence-corrected chi connectivity index (χ3v) is 1.08. The summed E-state index contributed by atoms with van der Waals surface area (Å²) in [4.78, 5) is 3.31. The fourth-order valence-electron chi connectivity index (χ4n) is 0.619. The van der Waals surface area contributed by atoms with E-state index in [9.17, 15) is 13.2 Å². The minimum Gasteiger partial charge on any atom is -0.360 e. The molecule has 0 amide bonds. The van der Waals surface area contributed by atoms with Crippen LogP contribution in [0.3, 0.4) is 0 Å². The van der Waals surface area contributed by atoms with E-state index in [1.54, 1.807) is 0 Å². The van der Waals surface area contributed by atoms with Crippen LogP contribution in [0.5, 0.6) is 0 Å². The summed E-state index contributed by atoms with van der Waals surface area (Å²) in [5, 5.41) is 2.02. The van der Waals surface area contributed by atoms with E-state index < -0.39 is 18.0 Å². The Kier molecular flexibility index (Phi) is 1.86. The van der Waals surface area contributed by atoms with Gasteiger partial charge in [-0.2, -0.15) is 13.2 Å². The van der Waals surface area contributed by atoms with E-state index in [1.165, 1.54) is 6.21 Å². The van der Waals surface area contributed by atoms with Crippen molar-refractivity contribution in [3.8, 4) is 0 Å². The SMILES string of the molecule is NC1C=NC=C(C(F)(F)F)N1. The third-order valence-electron chi connectivity index (χ3n) is 1.08. The van der Waals surface area contributed by atoms with Crippen LogP contribution in [-0.2, 0) is 0 Å². The molecule has 1 aliphatic rings. The number of allylic oxidation sites excluding steroid dienone is 1. The van der Waals surface area contributed by atoms with Crippen LogP contribution < -0.4 is 11.1 Å². The minimum atomic E-state index is -4.39. The Morgan fingerprint density at radius 3 is 2.55 bits per heavy atom. The summed E-state index contributed by atoms with van der Waals surface area (Å²) in [6, 6.07) is 0. The summed E-state index contributed by atoms with van der Waals surface area (Å²) in [6.07, 6.45) is -3.36. The zero-order chi connectivity index (χ0) is 8.48. The lowest BCUT2D eigenvalue weighted by Gasteiger charge is -2.18. The van der Waals surface area contributed by atoms with Gasteiger partial charge in [0, 0.05) is 6.21 Å². The lowest BCUT2D eigenvalue weighted by molar-refractivity contribution is -0.0975. The van der Waals surface area contributed by atoms with Crippen molar-refractivity contribution < 1.29 is 13.2 Å². The highest BCUT2D eigenvalue weighted by Crippen LogP contribution is 2.24. The van der Waals surface area contributed by atoms with Crippen LogP contribution in [0.15, 0.2) is 16.9 Å². The molecule has 0 spiro atoms. The van der Waals surface area contributed by atoms with Gasteiger partial charge in [-0.05, 0) is 0 Å². The van der Waals surface area contributed by atoms with Crippen molar-refractivity contribution in [2.24, 2.45) is 10.7 Å². The van der Waals surface area contributed by atoms with Gasteiger partial charge in [-0.15, -0.1) is 0 Å². The second-order valence-electron chi connectivity index (χ2n) is 2.01. The van der Waals surface area contributed by atoms with Crippen LogP contribution >= 0.6 is 0 Å². The number of halogens is 3. The van der Waals surface area contributed by atoms with Gasteiger partial charge in [-0.3, -0.25) is 4.99 Å². The van der Waals surface area contributed by atoms with Crippen molar-refractivity contribution in [1.29, 1.82) is 0 Å². The number of alkyl halides is 3. The predicted molar refractivity (Wildman–Crippen MR) is 33.7 cm³/mol. The van der Waals surface area contributed by atoms with Crippen LogP contribution in [-0.4, -0.2) is 18.6 Å². The first-order chi connectivity index (χ1) is 5.00. The summed E-state index contributed by atoms with van der Waals surface area (Å²) in [6.45, 7) is 0. The molecule has 6 heteroatoms. The molecular formula is C5H6F3N3. The van der Waals surface area contributed by atoms with Crippen LogP contribution in [0.4, 0.5) is 13.2 Å². The molecule has 62 valence electrons. The topological polar surface area (TPSA) is 50.4 Å². The first-order valence-corrected chi connectivity index (χ1v) is 2.83. The maximum atomic E-state index is 11.9. The zero-order valence-electron chi connectivity index (χ0n) is 5.39. The number of aliphatic imine (C=N–C) groups is 1. The Bertz CT molecular complexity index is 206. The average Bonchev–Trinajstić information content (AvgIpc) is 1.86. The van der Waals surface area contributed by atoms with Crippen molar-refractivity contribution in [3.63, 3.8) is 0 Å². The van der Waals surface area contributed by atoms with Gasteiger partial charge in [0.1, 0.15) is 11.9 Å². The van der Waals surface area contributed by atoms with Crippen LogP contribution in [0.25, 0.3) is 0 Å². The Morgan fingerprint density at radius 1 is 1.55 bits per heavy atom. The summed E-state index contributed by atoms with van der Waals surface area (Å²) >= 11 is 0. The molecule has 0 saturated heterocycles. The Hall–Kier alpha value is -1.04. The minimum absolute atomic E-state index is 0.698. The number of nitrogens with zero attached hydrogens (tertiary/aromatic N) is 1. The van der Waals surface area contributed by atoms with Crippen molar-refractivity contribution in [2.45, 2.75) is 12.3 Å². The van der Waals surface area contributed by atoms with Gasteiger partial charge in [0.25, 0.3) is 0 Å². The highest BCUT2D eigenvalue weighted by atomic mass is 19.4. The van der Waals surface area contributed by atoms with Gasteiger partial charge in [0.15, 0.2) is 0 Å². The van der Waals surface area contributed by atoms with Gasteiger partial charge < -0.3 is 11.1 Å². The molecule has 0 aliphatic carbocycles. The second kappa shape index (κ2) is 2.54. The normalized spacial score (nSPS) is 24.4. The molecule has 0 saturated carbocycles. The fraction of sp³-hybridized carbons (Fsp3) is 0.400. The number of hydrogen-bond donors (Lipinski definition) is 2. The first kappa shape index (κ1) is 8.06. The van der Waals surface area contributed by atoms with Gasteiger partial charge >= 0.3 is 6.18 Å². The summed E-state index contributed by atoms with van der Waals surface area (Å²) in [5.74, 6) is 0. The standard InChI is InChI=1S/C5H6F3N3/c6-5(7,8)3-1-10-2-4(9)11-3/h1-2,4,11H,9H2. The molecule has 11 heavy (non-hydrogen) atoms. The van der Waals surface area contributed by atoms with Crippen LogP contribution in [0.2, 0.25) is 0 Å². The number of nitrogens with one attached hydrogen (secondary N) is 1. The molecule has 0 radical (unpaired) electrons. The zero-order valence-corrected chi connectivity index (χ0v) is 5.39. The van der Waals surface area contributed by atoms with Gasteiger partial charge in [-0.1, -0.05) is 0 Å². The molecule has 0 aromatic carbocycles. The predicted octanol–water partition coefficient (Wildman–Crippen LogP) is 0.349. The van der Waals surface area contributed by atoms with Gasteiger partial charge in [-0.25, -0.2) is 0 Å². The smallest absolute Gasteiger partial charge is 0.360 e. The van der Waals surface area contributed by atoms with E-state index in [1.807, 2.05) is 5.32 Å². The quantitative estimate of drug-likeness (QED) is 0.544. The Labute approximate surface area is 60.8 Å². The summed E-state index contributed by atoms with van der Waals surface area (Å²) in [5.41, 5.74) is 4.21. The van der Waals surface area contributed by atoms with Crippen LogP contribution in [0.1, 0.15) is 0 Å². The van der Waals surface area contributed by atoms with Gasteiger partial charge in [0.2, 0.25) is 0 Å². The Balaban J connectivity index is 2.75. The van der Waals surface area contributed by atoms with E-state index in [0.717, 1.165) is 0 Å². The largest absolute Gasteiger partial charge is 0.432 e. The number of nitrogens with two attached hydrogens (primary N) is 1. The Morgan fingerprint density at radius 2 is 2.18 bits per heavy atom. The molecule has 1 atom stereocenters. The highest BCUT2D eigenvalue weighted by Gasteiger charge is 2.35. The van der Waals surface area contributed by atoms with Crippen molar-refractivity contribution in [1.82, 2.24) is 5.32 Å². The molecule has 1 heterocycles. The monoisotopic (exact) mass is 165 g/mol. The summed E-state index contributed by atoms with van der Waals surface area (Å²) < 4.78 is 35.6. The van der Waals surface area contributed by atoms with Gasteiger partial charge in [0.05, 0.1) is 6.20 Å². The van der Waals surface area contributed by atoms with E-state index in [2.05, 4.69) is 4.99 Å². The van der Waals surface area contributed by atoms with Crippen molar-refractivity contribution >= 4 is 6.21 Å². The maximum Gasteiger partial charge on any atom is 0.432 e. The molecule has 0 bridgehead atoms. The lowest BCUT2D eigenvalue weighted by atomic mass is 10.4. The third kappa shape index (κ3) is 1.94. The molecule has 1 unspecified atom stereocenters. The lowest BCUT2D eigenvalue weighted by Crippen LogP contribution is -2.43. The van der Waals surface area contributed by atoms with Crippen molar-refractivity contribution in [2.75, 3.05) is 0 Å². The molecule has 0 aromatic rings. The van der Waals surface area contributed by atoms with Crippen LogP contribution in [0, 0.1) is 0 Å². The maximum absolute atomic E-state index is 11.9. The second-order valence-corrected chi connectivity index (χ2v) is 2.01. The number of rotatable bonds is 0. The van der Waals surface area contributed by atoms with E-state index in [-0.39, 0.29) is 0 Å². The molecule has 1 rings (SSSR count). The molecule has 0 aromatic heterocycles. The molecular weight excluding hydrogens is 159 g/mol. The number of hydrogen-bond acceptors (Lipinski definition) is 3. The average molecular weight is 165 g/mol. The van der Waals surface area contributed by atoms with E-state index >= 15 is 0 Å². The molecule has 3 N–H and O–H groups in total. The molecule has 0 fully saturated rings. The molecule has 1 aliphatic heterocycles. The van der Waals surface area contributed by atoms with Crippen molar-refractivity contribution in [3.05, 3.63) is 11.9 Å². The fourth-order valence-corrected chi connectivity index (χ4v) is 0.619. The highest BCUT2D eigenvalue weighted by molar-refractivity contribution is 5.66. The molecule has 3 nitrogen and oxygen atoms in total. The first-order valence-electron chi connectivity index (χ1n) is 2.83. The summed E-state index contributed by atoms with van der Waals surface area (Å²) in [7, 11) is 0. The van der Waals surface area contributed by atoms with E-state index in [0.29, 0.717) is 6.20 Å².